The molecule has 2 aromatic carbocycles. The summed E-state index contributed by atoms with van der Waals surface area (Å²) < 4.78 is 23.3. The summed E-state index contributed by atoms with van der Waals surface area (Å²) in [4.78, 5) is 16.2. The van der Waals surface area contributed by atoms with Crippen LogP contribution in [0.5, 0.6) is 5.75 Å². The zero-order chi connectivity index (χ0) is 17.8. The average Bonchev–Trinajstić information content (AvgIpc) is 3.05. The number of halogens is 2. The van der Waals surface area contributed by atoms with Crippen molar-refractivity contribution in [2.75, 3.05) is 12.4 Å². The van der Waals surface area contributed by atoms with E-state index in [0.29, 0.717) is 22.0 Å². The lowest BCUT2D eigenvalue weighted by atomic mass is 10.2. The summed E-state index contributed by atoms with van der Waals surface area (Å²) in [6.45, 7) is 0. The van der Waals surface area contributed by atoms with Crippen LogP contribution in [0.25, 0.3) is 11.5 Å². The summed E-state index contributed by atoms with van der Waals surface area (Å²) in [5, 5.41) is 6.90. The van der Waals surface area contributed by atoms with Crippen molar-refractivity contribution in [3.05, 3.63) is 59.1 Å². The first-order valence-corrected chi connectivity index (χ1v) is 7.65. The van der Waals surface area contributed by atoms with Crippen LogP contribution in [-0.4, -0.2) is 23.2 Å². The van der Waals surface area contributed by atoms with Crippen molar-refractivity contribution >= 4 is 23.2 Å². The molecule has 8 heteroatoms. The molecule has 25 heavy (non-hydrogen) atoms. The number of nitrogens with zero attached hydrogens (tertiary/aromatic N) is 2. The zero-order valence-corrected chi connectivity index (χ0v) is 13.9. The van der Waals surface area contributed by atoms with Crippen molar-refractivity contribution in [1.82, 2.24) is 10.1 Å². The van der Waals surface area contributed by atoms with Gasteiger partial charge in [0.2, 0.25) is 5.91 Å². The van der Waals surface area contributed by atoms with Crippen LogP contribution in [0.4, 0.5) is 10.1 Å². The molecule has 1 amide bonds. The molecule has 0 aliphatic carbocycles. The predicted molar refractivity (Wildman–Crippen MR) is 90.0 cm³/mol. The summed E-state index contributed by atoms with van der Waals surface area (Å²) in [6.07, 6.45) is -0.0935. The van der Waals surface area contributed by atoms with Crippen LogP contribution in [0.1, 0.15) is 5.82 Å². The number of anilines is 1. The van der Waals surface area contributed by atoms with Gasteiger partial charge in [-0.2, -0.15) is 4.98 Å². The first-order chi connectivity index (χ1) is 12.0. The van der Waals surface area contributed by atoms with Crippen molar-refractivity contribution < 1.29 is 18.4 Å². The third kappa shape index (κ3) is 4.13. The van der Waals surface area contributed by atoms with Gasteiger partial charge in [0, 0.05) is 10.7 Å². The van der Waals surface area contributed by atoms with Gasteiger partial charge in [0.25, 0.3) is 5.89 Å². The number of amides is 1. The number of aromatic nitrogens is 2. The van der Waals surface area contributed by atoms with Crippen molar-refractivity contribution in [3.63, 3.8) is 0 Å². The second-order valence-electron chi connectivity index (χ2n) is 5.09. The molecular formula is C17H13ClFN3O3. The summed E-state index contributed by atoms with van der Waals surface area (Å²) in [5.74, 6) is 0.198. The number of carbonyl (C=O) groups excluding carboxylic acids is 1. The monoisotopic (exact) mass is 361 g/mol. The molecule has 1 heterocycles. The number of benzene rings is 2. The Morgan fingerprint density at radius 1 is 1.28 bits per heavy atom. The van der Waals surface area contributed by atoms with Crippen LogP contribution in [0.3, 0.4) is 0 Å². The van der Waals surface area contributed by atoms with Crippen molar-refractivity contribution in [3.8, 4) is 17.2 Å². The van der Waals surface area contributed by atoms with Crippen molar-refractivity contribution in [2.24, 2.45) is 0 Å². The maximum atomic E-state index is 12.9. The van der Waals surface area contributed by atoms with E-state index in [0.717, 1.165) is 0 Å². The Balaban J connectivity index is 1.72. The lowest BCUT2D eigenvalue weighted by Crippen LogP contribution is -2.15. The zero-order valence-electron chi connectivity index (χ0n) is 13.1. The van der Waals surface area contributed by atoms with Gasteiger partial charge in [0.1, 0.15) is 11.6 Å². The summed E-state index contributed by atoms with van der Waals surface area (Å²) in [7, 11) is 1.51. The summed E-state index contributed by atoms with van der Waals surface area (Å²) >= 11 is 5.98. The molecule has 0 spiro atoms. The minimum atomic E-state index is -0.378. The van der Waals surface area contributed by atoms with Crippen LogP contribution >= 0.6 is 11.6 Å². The fraction of sp³-hybridized carbons (Fsp3) is 0.118. The third-order valence-corrected chi connectivity index (χ3v) is 3.54. The number of rotatable bonds is 5. The van der Waals surface area contributed by atoms with E-state index in [9.17, 15) is 9.18 Å². The maximum Gasteiger partial charge on any atom is 0.261 e. The number of hydrogen-bond acceptors (Lipinski definition) is 5. The highest BCUT2D eigenvalue weighted by Gasteiger charge is 2.16. The summed E-state index contributed by atoms with van der Waals surface area (Å²) in [6, 6.07) is 10.4. The van der Waals surface area contributed by atoms with Gasteiger partial charge in [-0.3, -0.25) is 4.79 Å². The first kappa shape index (κ1) is 16.9. The molecule has 1 aromatic heterocycles. The van der Waals surface area contributed by atoms with E-state index < -0.39 is 0 Å². The second-order valence-corrected chi connectivity index (χ2v) is 5.53. The van der Waals surface area contributed by atoms with Gasteiger partial charge in [-0.1, -0.05) is 16.8 Å². The number of carbonyl (C=O) groups is 1. The minimum absolute atomic E-state index is 0.0935. The Morgan fingerprint density at radius 2 is 2.04 bits per heavy atom. The minimum Gasteiger partial charge on any atom is -0.496 e. The molecule has 0 fully saturated rings. The Bertz CT molecular complexity index is 896. The number of ether oxygens (including phenoxy) is 1. The molecule has 128 valence electrons. The third-order valence-electron chi connectivity index (χ3n) is 3.31. The molecule has 0 aliphatic heterocycles. The van der Waals surface area contributed by atoms with E-state index in [1.165, 1.54) is 31.4 Å². The second kappa shape index (κ2) is 7.31. The highest BCUT2D eigenvalue weighted by atomic mass is 35.5. The van der Waals surface area contributed by atoms with Gasteiger partial charge >= 0.3 is 0 Å². The molecule has 0 atom stereocenters. The van der Waals surface area contributed by atoms with E-state index in [1.54, 1.807) is 18.2 Å². The fourth-order valence-corrected chi connectivity index (χ4v) is 2.34. The molecule has 3 rings (SSSR count). The first-order valence-electron chi connectivity index (χ1n) is 7.27. The number of nitrogens with one attached hydrogen (secondary N) is 1. The Labute approximate surface area is 147 Å². The SMILES string of the molecule is COc1ccc(Cl)cc1-c1nc(CC(=O)Nc2ccc(F)cc2)no1. The van der Waals surface area contributed by atoms with Crippen LogP contribution in [0, 0.1) is 5.82 Å². The normalized spacial score (nSPS) is 10.5. The smallest absolute Gasteiger partial charge is 0.261 e. The van der Waals surface area contributed by atoms with E-state index in [1.807, 2.05) is 0 Å². The van der Waals surface area contributed by atoms with Gasteiger partial charge in [-0.15, -0.1) is 0 Å². The largest absolute Gasteiger partial charge is 0.496 e. The number of methoxy groups -OCH3 is 1. The predicted octanol–water partition coefficient (Wildman–Crippen LogP) is 3.72. The van der Waals surface area contributed by atoms with Crippen molar-refractivity contribution in [2.45, 2.75) is 6.42 Å². The molecule has 0 bridgehead atoms. The van der Waals surface area contributed by atoms with E-state index >= 15 is 0 Å². The lowest BCUT2D eigenvalue weighted by molar-refractivity contribution is -0.115. The van der Waals surface area contributed by atoms with Gasteiger partial charge < -0.3 is 14.6 Å². The van der Waals surface area contributed by atoms with E-state index in [2.05, 4.69) is 15.5 Å². The molecular weight excluding hydrogens is 349 g/mol. The number of hydrogen-bond donors (Lipinski definition) is 1. The van der Waals surface area contributed by atoms with E-state index in [4.69, 9.17) is 20.9 Å². The average molecular weight is 362 g/mol. The standard InChI is InChI=1S/C17H13ClFN3O3/c1-24-14-7-2-10(18)8-13(14)17-21-15(22-25-17)9-16(23)20-12-5-3-11(19)4-6-12/h2-8H,9H2,1H3,(H,20,23). The van der Waals surface area contributed by atoms with Gasteiger partial charge in [0.05, 0.1) is 19.1 Å². The van der Waals surface area contributed by atoms with Crippen molar-refractivity contribution in [1.29, 1.82) is 0 Å². The molecule has 3 aromatic rings. The molecule has 0 aliphatic rings. The molecule has 0 unspecified atom stereocenters. The Morgan fingerprint density at radius 3 is 2.76 bits per heavy atom. The van der Waals surface area contributed by atoms with Crippen LogP contribution in [0.15, 0.2) is 47.0 Å². The maximum absolute atomic E-state index is 12.9. The Hall–Kier alpha value is -2.93. The van der Waals surface area contributed by atoms with Crippen LogP contribution < -0.4 is 10.1 Å². The van der Waals surface area contributed by atoms with Gasteiger partial charge in [-0.25, -0.2) is 4.39 Å². The molecule has 1 N–H and O–H groups in total. The molecule has 6 nitrogen and oxygen atoms in total. The fourth-order valence-electron chi connectivity index (χ4n) is 2.16. The highest BCUT2D eigenvalue weighted by molar-refractivity contribution is 6.30. The molecule has 0 radical (unpaired) electrons. The summed E-state index contributed by atoms with van der Waals surface area (Å²) in [5.41, 5.74) is 1.01. The van der Waals surface area contributed by atoms with Crippen LogP contribution in [-0.2, 0) is 11.2 Å². The quantitative estimate of drug-likeness (QED) is 0.749. The van der Waals surface area contributed by atoms with E-state index in [-0.39, 0.29) is 29.9 Å². The Kier molecular flexibility index (Phi) is 4.95. The molecule has 0 saturated carbocycles. The molecule has 0 saturated heterocycles. The van der Waals surface area contributed by atoms with Crippen LogP contribution in [0.2, 0.25) is 5.02 Å². The van der Waals surface area contributed by atoms with Gasteiger partial charge in [-0.05, 0) is 42.5 Å². The van der Waals surface area contributed by atoms with Gasteiger partial charge in [0.15, 0.2) is 5.82 Å². The topological polar surface area (TPSA) is 77.2 Å². The highest BCUT2D eigenvalue weighted by Crippen LogP contribution is 2.31. The lowest BCUT2D eigenvalue weighted by Gasteiger charge is -2.04.